The number of hydrogen-bond donors (Lipinski definition) is 0. The topological polar surface area (TPSA) is 68.5 Å². The van der Waals surface area contributed by atoms with Gasteiger partial charge in [-0.3, -0.25) is 4.79 Å². The number of allylic oxidation sites excluding steroid dienone is 2. The van der Waals surface area contributed by atoms with Gasteiger partial charge in [0.25, 0.3) is 0 Å². The van der Waals surface area contributed by atoms with E-state index in [9.17, 15) is 4.79 Å². The van der Waals surface area contributed by atoms with Crippen molar-refractivity contribution in [2.45, 2.75) is 38.9 Å². The molecular weight excluding hydrogens is 258 g/mol. The minimum atomic E-state index is 0.0882. The molecule has 108 valence electrons. The van der Waals surface area contributed by atoms with Crippen molar-refractivity contribution in [2.75, 3.05) is 13.1 Å². The van der Waals surface area contributed by atoms with Crippen molar-refractivity contribution in [3.63, 3.8) is 0 Å². The summed E-state index contributed by atoms with van der Waals surface area (Å²) < 4.78 is 10.9. The third kappa shape index (κ3) is 2.90. The lowest BCUT2D eigenvalue weighted by Gasteiger charge is -2.40. The summed E-state index contributed by atoms with van der Waals surface area (Å²) in [6.07, 6.45) is 7.21. The molecule has 1 aliphatic carbocycles. The lowest BCUT2D eigenvalue weighted by Crippen LogP contribution is -2.56. The molecule has 1 atom stereocenters. The van der Waals surface area contributed by atoms with E-state index in [1.807, 2.05) is 4.90 Å². The highest BCUT2D eigenvalue weighted by molar-refractivity contribution is 5.80. The van der Waals surface area contributed by atoms with Gasteiger partial charge in [-0.25, -0.2) is 0 Å². The standard InChI is InChI=1S/C14H19N3O3/c1-10-15-16-13(20-10)9-19-12-7-17(8-12)14(18)11-5-3-2-4-6-11/h2-3,11-12H,4-9H2,1H3. The van der Waals surface area contributed by atoms with E-state index in [2.05, 4.69) is 22.3 Å². The van der Waals surface area contributed by atoms with Gasteiger partial charge < -0.3 is 14.1 Å². The second-order valence-electron chi connectivity index (χ2n) is 5.37. The van der Waals surface area contributed by atoms with E-state index >= 15 is 0 Å². The zero-order valence-electron chi connectivity index (χ0n) is 11.6. The van der Waals surface area contributed by atoms with Gasteiger partial charge in [0.1, 0.15) is 6.61 Å². The van der Waals surface area contributed by atoms with Gasteiger partial charge in [-0.05, 0) is 19.3 Å². The lowest BCUT2D eigenvalue weighted by molar-refractivity contribution is -0.151. The predicted octanol–water partition coefficient (Wildman–Crippen LogP) is 1.46. The molecule has 1 amide bonds. The molecule has 2 heterocycles. The molecule has 0 radical (unpaired) electrons. The molecule has 1 fully saturated rings. The molecule has 0 spiro atoms. The van der Waals surface area contributed by atoms with Crippen LogP contribution in [-0.4, -0.2) is 40.2 Å². The van der Waals surface area contributed by atoms with E-state index in [1.165, 1.54) is 0 Å². The molecule has 2 aliphatic rings. The molecular formula is C14H19N3O3. The smallest absolute Gasteiger partial charge is 0.242 e. The van der Waals surface area contributed by atoms with Crippen molar-refractivity contribution < 1.29 is 13.9 Å². The summed E-state index contributed by atoms with van der Waals surface area (Å²) in [4.78, 5) is 14.1. The fourth-order valence-electron chi connectivity index (χ4n) is 2.58. The number of aryl methyl sites for hydroxylation is 1. The first-order chi connectivity index (χ1) is 9.72. The van der Waals surface area contributed by atoms with Crippen LogP contribution in [0.1, 0.15) is 31.0 Å². The number of carbonyl (C=O) groups is 1. The molecule has 1 aromatic rings. The maximum absolute atomic E-state index is 12.2. The summed E-state index contributed by atoms with van der Waals surface area (Å²) >= 11 is 0. The monoisotopic (exact) mass is 277 g/mol. The zero-order valence-corrected chi connectivity index (χ0v) is 11.6. The number of hydrogen-bond acceptors (Lipinski definition) is 5. The van der Waals surface area contributed by atoms with Gasteiger partial charge in [0.2, 0.25) is 17.7 Å². The molecule has 1 aliphatic heterocycles. The van der Waals surface area contributed by atoms with Gasteiger partial charge >= 0.3 is 0 Å². The number of ether oxygens (including phenoxy) is 1. The van der Waals surface area contributed by atoms with Crippen LogP contribution in [0.3, 0.4) is 0 Å². The van der Waals surface area contributed by atoms with Crippen molar-refractivity contribution in [2.24, 2.45) is 5.92 Å². The van der Waals surface area contributed by atoms with Gasteiger partial charge in [0, 0.05) is 25.9 Å². The minimum absolute atomic E-state index is 0.0882. The van der Waals surface area contributed by atoms with Crippen molar-refractivity contribution >= 4 is 5.91 Å². The number of carbonyl (C=O) groups excluding carboxylic acids is 1. The number of nitrogens with zero attached hydrogens (tertiary/aromatic N) is 3. The molecule has 0 saturated carbocycles. The lowest BCUT2D eigenvalue weighted by atomic mass is 9.92. The first-order valence-corrected chi connectivity index (χ1v) is 7.07. The average molecular weight is 277 g/mol. The highest BCUT2D eigenvalue weighted by atomic mass is 16.5. The predicted molar refractivity (Wildman–Crippen MR) is 70.7 cm³/mol. The highest BCUT2D eigenvalue weighted by Gasteiger charge is 2.35. The summed E-state index contributed by atoms with van der Waals surface area (Å²) in [6, 6.07) is 0. The van der Waals surface area contributed by atoms with Crippen LogP contribution in [0.2, 0.25) is 0 Å². The Morgan fingerprint density at radius 3 is 2.95 bits per heavy atom. The van der Waals surface area contributed by atoms with Crippen LogP contribution in [0.25, 0.3) is 0 Å². The Balaban J connectivity index is 1.40. The first kappa shape index (κ1) is 13.3. The molecule has 3 rings (SSSR count). The summed E-state index contributed by atoms with van der Waals surface area (Å²) in [5.74, 6) is 1.46. The van der Waals surface area contributed by atoms with Crippen molar-refractivity contribution in [1.82, 2.24) is 15.1 Å². The quantitative estimate of drug-likeness (QED) is 0.779. The molecule has 0 N–H and O–H groups in total. The van der Waals surface area contributed by atoms with E-state index in [-0.39, 0.29) is 17.9 Å². The fourth-order valence-corrected chi connectivity index (χ4v) is 2.58. The highest BCUT2D eigenvalue weighted by Crippen LogP contribution is 2.24. The van der Waals surface area contributed by atoms with E-state index in [0.717, 1.165) is 19.3 Å². The molecule has 1 saturated heterocycles. The van der Waals surface area contributed by atoms with Gasteiger partial charge in [-0.15, -0.1) is 10.2 Å². The summed E-state index contributed by atoms with van der Waals surface area (Å²) in [5.41, 5.74) is 0. The average Bonchev–Trinajstić information content (AvgIpc) is 2.83. The van der Waals surface area contributed by atoms with E-state index in [4.69, 9.17) is 9.15 Å². The molecule has 1 unspecified atom stereocenters. The van der Waals surface area contributed by atoms with Crippen LogP contribution in [0.5, 0.6) is 0 Å². The van der Waals surface area contributed by atoms with Crippen molar-refractivity contribution in [3.8, 4) is 0 Å². The molecule has 20 heavy (non-hydrogen) atoms. The molecule has 6 heteroatoms. The third-order valence-electron chi connectivity index (χ3n) is 3.79. The van der Waals surface area contributed by atoms with Crippen molar-refractivity contribution in [1.29, 1.82) is 0 Å². The molecule has 6 nitrogen and oxygen atoms in total. The maximum atomic E-state index is 12.2. The number of amides is 1. The second-order valence-corrected chi connectivity index (χ2v) is 5.37. The summed E-state index contributed by atoms with van der Waals surface area (Å²) in [7, 11) is 0. The number of likely N-dealkylation sites (tertiary alicyclic amines) is 1. The van der Waals surface area contributed by atoms with Gasteiger partial charge in [-0.1, -0.05) is 12.2 Å². The van der Waals surface area contributed by atoms with E-state index < -0.39 is 0 Å². The Morgan fingerprint density at radius 1 is 1.45 bits per heavy atom. The van der Waals surface area contributed by atoms with Gasteiger partial charge in [-0.2, -0.15) is 0 Å². The largest absolute Gasteiger partial charge is 0.423 e. The first-order valence-electron chi connectivity index (χ1n) is 7.07. The van der Waals surface area contributed by atoms with Crippen LogP contribution in [0, 0.1) is 12.8 Å². The van der Waals surface area contributed by atoms with Crippen LogP contribution in [0.4, 0.5) is 0 Å². The Bertz CT molecular complexity index is 506. The van der Waals surface area contributed by atoms with Gasteiger partial charge in [0.05, 0.1) is 6.10 Å². The number of aromatic nitrogens is 2. The van der Waals surface area contributed by atoms with E-state index in [1.54, 1.807) is 6.92 Å². The molecule has 0 bridgehead atoms. The molecule has 1 aromatic heterocycles. The Kier molecular flexibility index (Phi) is 3.82. The minimum Gasteiger partial charge on any atom is -0.423 e. The number of rotatable bonds is 4. The SMILES string of the molecule is Cc1nnc(COC2CN(C(=O)C3CC=CCC3)C2)o1. The fraction of sp³-hybridized carbons (Fsp3) is 0.643. The summed E-state index contributed by atoms with van der Waals surface area (Å²) in [5, 5.41) is 7.62. The molecule has 0 aromatic carbocycles. The maximum Gasteiger partial charge on any atom is 0.242 e. The van der Waals surface area contributed by atoms with Crippen LogP contribution >= 0.6 is 0 Å². The zero-order chi connectivity index (χ0) is 13.9. The normalized spacial score (nSPS) is 22.9. The van der Waals surface area contributed by atoms with Crippen LogP contribution in [0.15, 0.2) is 16.6 Å². The van der Waals surface area contributed by atoms with Crippen molar-refractivity contribution in [3.05, 3.63) is 23.9 Å². The van der Waals surface area contributed by atoms with E-state index in [0.29, 0.717) is 31.5 Å². The third-order valence-corrected chi connectivity index (χ3v) is 3.79. The Morgan fingerprint density at radius 2 is 2.30 bits per heavy atom. The summed E-state index contributed by atoms with van der Waals surface area (Å²) in [6.45, 7) is 3.41. The van der Waals surface area contributed by atoms with Crippen LogP contribution in [-0.2, 0) is 16.1 Å². The van der Waals surface area contributed by atoms with Crippen LogP contribution < -0.4 is 0 Å². The Labute approximate surface area is 117 Å². The Hall–Kier alpha value is -1.69. The second kappa shape index (κ2) is 5.75. The van der Waals surface area contributed by atoms with Gasteiger partial charge in [0.15, 0.2) is 0 Å².